The van der Waals surface area contributed by atoms with E-state index in [0.29, 0.717) is 15.5 Å². The van der Waals surface area contributed by atoms with Gasteiger partial charge in [-0.3, -0.25) is 0 Å². The molecule has 1 heterocycles. The first kappa shape index (κ1) is 9.02. The Morgan fingerprint density at radius 3 is 2.64 bits per heavy atom. The third kappa shape index (κ3) is 1.24. The summed E-state index contributed by atoms with van der Waals surface area (Å²) in [6, 6.07) is 9.30. The van der Waals surface area contributed by atoms with Crippen molar-refractivity contribution in [3.05, 3.63) is 33.7 Å². The van der Waals surface area contributed by atoms with Gasteiger partial charge in [0.1, 0.15) is 17.0 Å². The van der Waals surface area contributed by atoms with Crippen LogP contribution in [-0.4, -0.2) is 0 Å². The normalized spacial score (nSPS) is 9.64. The third-order valence-electron chi connectivity index (χ3n) is 1.87. The highest BCUT2D eigenvalue weighted by molar-refractivity contribution is 7.19. The first-order chi connectivity index (χ1) is 6.76. The van der Waals surface area contributed by atoms with Crippen molar-refractivity contribution in [1.82, 2.24) is 0 Å². The van der Waals surface area contributed by atoms with Crippen LogP contribution in [0.3, 0.4) is 0 Å². The summed E-state index contributed by atoms with van der Waals surface area (Å²) in [5.41, 5.74) is 0.446. The van der Waals surface area contributed by atoms with E-state index in [1.54, 1.807) is 12.1 Å². The van der Waals surface area contributed by atoms with E-state index in [9.17, 15) is 0 Å². The van der Waals surface area contributed by atoms with Gasteiger partial charge in [0.05, 0.1) is 10.6 Å². The quantitative estimate of drug-likeness (QED) is 0.681. The molecule has 1 aromatic heterocycles. The molecule has 0 aliphatic heterocycles. The van der Waals surface area contributed by atoms with Gasteiger partial charge in [0.15, 0.2) is 0 Å². The molecule has 2 nitrogen and oxygen atoms in total. The summed E-state index contributed by atoms with van der Waals surface area (Å²) in [4.78, 5) is 0.596. The van der Waals surface area contributed by atoms with Gasteiger partial charge in [0.2, 0.25) is 0 Å². The van der Waals surface area contributed by atoms with Crippen LogP contribution in [0.2, 0.25) is 5.02 Å². The van der Waals surface area contributed by atoms with Gasteiger partial charge >= 0.3 is 0 Å². The molecule has 0 aliphatic carbocycles. The van der Waals surface area contributed by atoms with Crippen molar-refractivity contribution in [2.75, 3.05) is 0 Å². The Kier molecular flexibility index (Phi) is 2.13. The Balaban J connectivity index is 2.90. The average Bonchev–Trinajstić information content (AvgIpc) is 2.60. The molecule has 0 spiro atoms. The zero-order valence-electron chi connectivity index (χ0n) is 6.91. The number of halogens is 1. The number of nitrogens with zero attached hydrogens (tertiary/aromatic N) is 2. The predicted molar refractivity (Wildman–Crippen MR) is 56.3 cm³/mol. The minimum absolute atomic E-state index is 0.433. The molecule has 14 heavy (non-hydrogen) atoms. The molecule has 0 bridgehead atoms. The topological polar surface area (TPSA) is 47.6 Å². The standard InChI is InChI=1S/C10H3ClN2S/c11-9-1-2-10-7(8(9)5-13)3-6(4-12)14-10/h1-3H. The van der Waals surface area contributed by atoms with Crippen molar-refractivity contribution in [1.29, 1.82) is 10.5 Å². The number of hydrogen-bond acceptors (Lipinski definition) is 3. The molecule has 0 aliphatic rings. The predicted octanol–water partition coefficient (Wildman–Crippen LogP) is 3.30. The zero-order chi connectivity index (χ0) is 10.1. The molecule has 2 aromatic rings. The van der Waals surface area contributed by atoms with Crippen LogP contribution in [0.5, 0.6) is 0 Å². The van der Waals surface area contributed by atoms with Crippen molar-refractivity contribution in [3.8, 4) is 12.1 Å². The van der Waals surface area contributed by atoms with Gasteiger partial charge in [-0.25, -0.2) is 0 Å². The fourth-order valence-corrected chi connectivity index (χ4v) is 2.33. The maximum atomic E-state index is 8.89. The van der Waals surface area contributed by atoms with Crippen LogP contribution in [0.1, 0.15) is 10.4 Å². The number of hydrogen-bond donors (Lipinski definition) is 0. The smallest absolute Gasteiger partial charge is 0.110 e. The maximum Gasteiger partial charge on any atom is 0.110 e. The summed E-state index contributed by atoms with van der Waals surface area (Å²) >= 11 is 7.22. The Morgan fingerprint density at radius 1 is 1.21 bits per heavy atom. The summed E-state index contributed by atoms with van der Waals surface area (Å²) in [5.74, 6) is 0. The number of benzene rings is 1. The van der Waals surface area contributed by atoms with Crippen LogP contribution < -0.4 is 0 Å². The van der Waals surface area contributed by atoms with Crippen molar-refractivity contribution in [2.24, 2.45) is 0 Å². The minimum Gasteiger partial charge on any atom is -0.192 e. The second-order valence-electron chi connectivity index (χ2n) is 2.67. The summed E-state index contributed by atoms with van der Waals surface area (Å²) in [7, 11) is 0. The lowest BCUT2D eigenvalue weighted by molar-refractivity contribution is 1.50. The van der Waals surface area contributed by atoms with E-state index < -0.39 is 0 Å². The summed E-state index contributed by atoms with van der Waals surface area (Å²) in [5, 5.41) is 18.8. The van der Waals surface area contributed by atoms with Crippen molar-refractivity contribution in [2.45, 2.75) is 0 Å². The van der Waals surface area contributed by atoms with Gasteiger partial charge in [0.25, 0.3) is 0 Å². The Hall–Kier alpha value is -1.55. The molecule has 0 saturated carbocycles. The van der Waals surface area contributed by atoms with Crippen LogP contribution in [0, 0.1) is 22.7 Å². The van der Waals surface area contributed by atoms with Crippen LogP contribution in [0.15, 0.2) is 18.2 Å². The molecule has 0 radical (unpaired) electrons. The van der Waals surface area contributed by atoms with E-state index in [-0.39, 0.29) is 0 Å². The third-order valence-corrected chi connectivity index (χ3v) is 3.19. The lowest BCUT2D eigenvalue weighted by Gasteiger charge is -1.94. The average molecular weight is 219 g/mol. The van der Waals surface area contributed by atoms with Gasteiger partial charge in [-0.15, -0.1) is 11.3 Å². The van der Waals surface area contributed by atoms with Crippen molar-refractivity contribution < 1.29 is 0 Å². The number of fused-ring (bicyclic) bond motifs is 1. The van der Waals surface area contributed by atoms with E-state index in [1.165, 1.54) is 11.3 Å². The first-order valence-electron chi connectivity index (χ1n) is 3.78. The van der Waals surface area contributed by atoms with Gasteiger partial charge in [0, 0.05) is 10.1 Å². The molecule has 0 fully saturated rings. The van der Waals surface area contributed by atoms with E-state index in [0.717, 1.165) is 10.1 Å². The lowest BCUT2D eigenvalue weighted by Crippen LogP contribution is -1.76. The summed E-state index contributed by atoms with van der Waals surface area (Å²) in [6.45, 7) is 0. The molecule has 0 N–H and O–H groups in total. The molecule has 0 unspecified atom stereocenters. The largest absolute Gasteiger partial charge is 0.192 e. The van der Waals surface area contributed by atoms with Crippen molar-refractivity contribution >= 4 is 33.0 Å². The SMILES string of the molecule is N#Cc1cc2c(C#N)c(Cl)ccc2s1. The summed E-state index contributed by atoms with van der Waals surface area (Å²) in [6.07, 6.45) is 0. The Bertz CT molecular complexity index is 586. The summed E-state index contributed by atoms with van der Waals surface area (Å²) < 4.78 is 0.919. The van der Waals surface area contributed by atoms with Gasteiger partial charge in [-0.05, 0) is 18.2 Å². The molecular formula is C10H3ClN2S. The van der Waals surface area contributed by atoms with E-state index in [2.05, 4.69) is 6.07 Å². The minimum atomic E-state index is 0.433. The van der Waals surface area contributed by atoms with Gasteiger partial charge < -0.3 is 0 Å². The van der Waals surface area contributed by atoms with Crippen LogP contribution >= 0.6 is 22.9 Å². The molecule has 0 atom stereocenters. The highest BCUT2D eigenvalue weighted by Gasteiger charge is 2.08. The molecule has 66 valence electrons. The Morgan fingerprint density at radius 2 is 2.00 bits per heavy atom. The molecule has 2 rings (SSSR count). The Labute approximate surface area is 89.6 Å². The highest BCUT2D eigenvalue weighted by atomic mass is 35.5. The van der Waals surface area contributed by atoms with Crippen LogP contribution in [-0.2, 0) is 0 Å². The number of rotatable bonds is 0. The number of nitriles is 2. The fourth-order valence-electron chi connectivity index (χ4n) is 1.25. The lowest BCUT2D eigenvalue weighted by atomic mass is 10.1. The second kappa shape index (κ2) is 3.31. The first-order valence-corrected chi connectivity index (χ1v) is 4.98. The monoisotopic (exact) mass is 218 g/mol. The van der Waals surface area contributed by atoms with Crippen LogP contribution in [0.4, 0.5) is 0 Å². The van der Waals surface area contributed by atoms with E-state index in [1.807, 2.05) is 12.1 Å². The molecular weight excluding hydrogens is 216 g/mol. The fraction of sp³-hybridized carbons (Fsp3) is 0. The number of thiophene rings is 1. The van der Waals surface area contributed by atoms with E-state index >= 15 is 0 Å². The van der Waals surface area contributed by atoms with E-state index in [4.69, 9.17) is 22.1 Å². The second-order valence-corrected chi connectivity index (χ2v) is 4.16. The van der Waals surface area contributed by atoms with Gasteiger partial charge in [-0.1, -0.05) is 11.6 Å². The molecule has 0 amide bonds. The van der Waals surface area contributed by atoms with Crippen LogP contribution in [0.25, 0.3) is 10.1 Å². The molecule has 4 heteroatoms. The van der Waals surface area contributed by atoms with Gasteiger partial charge in [-0.2, -0.15) is 10.5 Å². The molecule has 0 saturated heterocycles. The highest BCUT2D eigenvalue weighted by Crippen LogP contribution is 2.31. The maximum absolute atomic E-state index is 8.89. The zero-order valence-corrected chi connectivity index (χ0v) is 8.49. The van der Waals surface area contributed by atoms with Crippen molar-refractivity contribution in [3.63, 3.8) is 0 Å². The molecule has 1 aromatic carbocycles.